The summed E-state index contributed by atoms with van der Waals surface area (Å²) in [6.45, 7) is 4.89. The van der Waals surface area contributed by atoms with Gasteiger partial charge in [-0.15, -0.1) is 0 Å². The third-order valence-electron chi connectivity index (χ3n) is 6.32. The smallest absolute Gasteiger partial charge is 0.220 e. The lowest BCUT2D eigenvalue weighted by atomic mass is 9.60. The highest BCUT2D eigenvalue weighted by atomic mass is 16.1. The largest absolute Gasteiger partial charge is 0.352 e. The minimum Gasteiger partial charge on any atom is -0.352 e. The molecular formula is C22H29N3O. The second-order valence-electron chi connectivity index (χ2n) is 8.04. The average Bonchev–Trinajstić information content (AvgIpc) is 3.17. The van der Waals surface area contributed by atoms with Crippen LogP contribution in [0, 0.1) is 25.7 Å². The van der Waals surface area contributed by atoms with Gasteiger partial charge in [0.05, 0.1) is 5.69 Å². The van der Waals surface area contributed by atoms with Crippen LogP contribution < -0.4 is 5.32 Å². The van der Waals surface area contributed by atoms with Gasteiger partial charge in [-0.25, -0.2) is 0 Å². The van der Waals surface area contributed by atoms with E-state index < -0.39 is 0 Å². The first-order chi connectivity index (χ1) is 12.6. The van der Waals surface area contributed by atoms with Crippen molar-refractivity contribution in [3.05, 3.63) is 53.3 Å². The van der Waals surface area contributed by atoms with Gasteiger partial charge in [-0.1, -0.05) is 36.8 Å². The number of nitrogens with one attached hydrogen (secondary N) is 1. The van der Waals surface area contributed by atoms with E-state index in [0.717, 1.165) is 24.6 Å². The Morgan fingerprint density at radius 3 is 2.69 bits per heavy atom. The van der Waals surface area contributed by atoms with Crippen LogP contribution in [0.4, 0.5) is 0 Å². The van der Waals surface area contributed by atoms with E-state index in [4.69, 9.17) is 0 Å². The van der Waals surface area contributed by atoms with E-state index in [1.54, 1.807) is 0 Å². The monoisotopic (exact) mass is 351 g/mol. The number of nitrogens with zero attached hydrogens (tertiary/aromatic N) is 2. The number of aromatic nitrogens is 2. The van der Waals surface area contributed by atoms with Gasteiger partial charge in [0.2, 0.25) is 5.91 Å². The Bertz CT molecular complexity index is 767. The first-order valence-corrected chi connectivity index (χ1v) is 9.99. The molecule has 4 rings (SSSR count). The van der Waals surface area contributed by atoms with E-state index in [9.17, 15) is 4.79 Å². The number of benzene rings is 1. The molecule has 1 N–H and O–H groups in total. The zero-order valence-corrected chi connectivity index (χ0v) is 15.8. The molecule has 4 atom stereocenters. The molecular weight excluding hydrogens is 322 g/mol. The molecule has 138 valence electrons. The molecule has 0 saturated heterocycles. The second kappa shape index (κ2) is 7.26. The van der Waals surface area contributed by atoms with Crippen LogP contribution in [-0.2, 0) is 11.3 Å². The highest BCUT2D eigenvalue weighted by Crippen LogP contribution is 2.55. The topological polar surface area (TPSA) is 46.9 Å². The summed E-state index contributed by atoms with van der Waals surface area (Å²) in [5.41, 5.74) is 3.60. The average molecular weight is 351 g/mol. The van der Waals surface area contributed by atoms with Gasteiger partial charge in [0.15, 0.2) is 0 Å². The summed E-state index contributed by atoms with van der Waals surface area (Å²) in [6, 6.07) is 13.2. The van der Waals surface area contributed by atoms with Crippen LogP contribution in [0.1, 0.15) is 55.0 Å². The van der Waals surface area contributed by atoms with Crippen molar-refractivity contribution in [2.24, 2.45) is 11.8 Å². The molecule has 2 saturated carbocycles. The van der Waals surface area contributed by atoms with E-state index in [1.165, 1.54) is 30.5 Å². The fourth-order valence-electron chi connectivity index (χ4n) is 5.17. The molecule has 0 unspecified atom stereocenters. The fraction of sp³-hybridized carbons (Fsp3) is 0.545. The second-order valence-corrected chi connectivity index (χ2v) is 8.04. The van der Waals surface area contributed by atoms with Gasteiger partial charge in [0.25, 0.3) is 0 Å². The van der Waals surface area contributed by atoms with Gasteiger partial charge in [0.1, 0.15) is 0 Å². The quantitative estimate of drug-likeness (QED) is 0.856. The molecule has 4 heteroatoms. The van der Waals surface area contributed by atoms with Gasteiger partial charge in [0, 0.05) is 30.6 Å². The lowest BCUT2D eigenvalue weighted by Crippen LogP contribution is -2.56. The fourth-order valence-corrected chi connectivity index (χ4v) is 5.17. The van der Waals surface area contributed by atoms with Crippen LogP contribution >= 0.6 is 0 Å². The standard InChI is InChI=1S/C22H29N3O/c1-15-14-16(2)25(24-15)13-7-12-20(26)23-22-19-11-6-10-18(19)21(22)17-8-4-3-5-9-17/h3-5,8-9,14,18-19,21-22H,6-7,10-13H2,1-2H3,(H,23,26)/t18-,19+,21-,22-/m1/s1. The van der Waals surface area contributed by atoms with Crippen molar-refractivity contribution in [1.82, 2.24) is 15.1 Å². The minimum atomic E-state index is 0.197. The van der Waals surface area contributed by atoms with Gasteiger partial charge < -0.3 is 5.32 Å². The number of carbonyl (C=O) groups excluding carboxylic acids is 1. The summed E-state index contributed by atoms with van der Waals surface area (Å²) in [5.74, 6) is 2.14. The summed E-state index contributed by atoms with van der Waals surface area (Å²) >= 11 is 0. The number of fused-ring (bicyclic) bond motifs is 1. The molecule has 4 nitrogen and oxygen atoms in total. The number of hydrogen-bond donors (Lipinski definition) is 1. The molecule has 26 heavy (non-hydrogen) atoms. The van der Waals surface area contributed by atoms with E-state index in [0.29, 0.717) is 24.3 Å². The van der Waals surface area contributed by atoms with Gasteiger partial charge in [-0.05, 0) is 56.6 Å². The predicted molar refractivity (Wildman–Crippen MR) is 103 cm³/mol. The van der Waals surface area contributed by atoms with Crippen LogP contribution in [0.5, 0.6) is 0 Å². The molecule has 2 aromatic rings. The van der Waals surface area contributed by atoms with Crippen LogP contribution in [-0.4, -0.2) is 21.7 Å². The Hall–Kier alpha value is -2.10. The number of rotatable bonds is 6. The van der Waals surface area contributed by atoms with Crippen molar-refractivity contribution in [2.75, 3.05) is 0 Å². The van der Waals surface area contributed by atoms with Gasteiger partial charge in [-0.3, -0.25) is 9.48 Å². The Kier molecular flexibility index (Phi) is 4.84. The Labute approximate surface area is 156 Å². The van der Waals surface area contributed by atoms with Gasteiger partial charge in [-0.2, -0.15) is 5.10 Å². The van der Waals surface area contributed by atoms with Crippen LogP contribution in [0.3, 0.4) is 0 Å². The molecule has 1 aromatic heterocycles. The zero-order valence-electron chi connectivity index (χ0n) is 15.8. The third kappa shape index (κ3) is 3.29. The molecule has 2 aliphatic rings. The molecule has 2 aliphatic carbocycles. The van der Waals surface area contributed by atoms with E-state index in [1.807, 2.05) is 11.6 Å². The number of amides is 1. The lowest BCUT2D eigenvalue weighted by Gasteiger charge is -2.49. The molecule has 1 amide bonds. The first kappa shape index (κ1) is 17.3. The summed E-state index contributed by atoms with van der Waals surface area (Å²) in [6.07, 6.45) is 5.31. The SMILES string of the molecule is Cc1cc(C)n(CCCC(=O)N[C@@H]2[C@H]3CCC[C@H]3[C@H]2c2ccccc2)n1. The first-order valence-electron chi connectivity index (χ1n) is 9.99. The summed E-state index contributed by atoms with van der Waals surface area (Å²) in [4.78, 5) is 12.6. The van der Waals surface area contributed by atoms with Gasteiger partial charge >= 0.3 is 0 Å². The van der Waals surface area contributed by atoms with Crippen molar-refractivity contribution in [3.63, 3.8) is 0 Å². The van der Waals surface area contributed by atoms with E-state index in [2.05, 4.69) is 53.7 Å². The van der Waals surface area contributed by atoms with Crippen LogP contribution in [0.25, 0.3) is 0 Å². The van der Waals surface area contributed by atoms with Crippen LogP contribution in [0.15, 0.2) is 36.4 Å². The van der Waals surface area contributed by atoms with E-state index in [-0.39, 0.29) is 5.91 Å². The Balaban J connectivity index is 1.33. The number of hydrogen-bond acceptors (Lipinski definition) is 2. The molecule has 0 bridgehead atoms. The molecule has 2 fully saturated rings. The molecule has 0 aliphatic heterocycles. The summed E-state index contributed by atoms with van der Waals surface area (Å²) in [7, 11) is 0. The number of carbonyl (C=O) groups is 1. The Morgan fingerprint density at radius 2 is 1.96 bits per heavy atom. The molecule has 1 heterocycles. The highest BCUT2D eigenvalue weighted by molar-refractivity contribution is 5.76. The third-order valence-corrected chi connectivity index (χ3v) is 6.32. The molecule has 1 aromatic carbocycles. The lowest BCUT2D eigenvalue weighted by molar-refractivity contribution is -0.124. The predicted octanol–water partition coefficient (Wildman–Crippen LogP) is 3.98. The van der Waals surface area contributed by atoms with E-state index >= 15 is 0 Å². The van der Waals surface area contributed by atoms with Crippen molar-refractivity contribution in [1.29, 1.82) is 0 Å². The maximum atomic E-state index is 12.6. The zero-order chi connectivity index (χ0) is 18.1. The summed E-state index contributed by atoms with van der Waals surface area (Å²) < 4.78 is 2.01. The normalized spacial score (nSPS) is 27.0. The Morgan fingerprint density at radius 1 is 1.19 bits per heavy atom. The van der Waals surface area contributed by atoms with Crippen molar-refractivity contribution in [3.8, 4) is 0 Å². The van der Waals surface area contributed by atoms with Crippen molar-refractivity contribution < 1.29 is 4.79 Å². The highest BCUT2D eigenvalue weighted by Gasteiger charge is 2.53. The molecule has 0 spiro atoms. The minimum absolute atomic E-state index is 0.197. The maximum Gasteiger partial charge on any atom is 0.220 e. The van der Waals surface area contributed by atoms with Crippen LogP contribution in [0.2, 0.25) is 0 Å². The molecule has 0 radical (unpaired) electrons. The summed E-state index contributed by atoms with van der Waals surface area (Å²) in [5, 5.41) is 7.85. The van der Waals surface area contributed by atoms with Crippen molar-refractivity contribution >= 4 is 5.91 Å². The van der Waals surface area contributed by atoms with Crippen molar-refractivity contribution in [2.45, 2.75) is 64.5 Å². The number of aryl methyl sites for hydroxylation is 3. The maximum absolute atomic E-state index is 12.6.